The molecule has 0 bridgehead atoms. The van der Waals surface area contributed by atoms with Crippen molar-refractivity contribution in [3.8, 4) is 5.75 Å². The third-order valence-electron chi connectivity index (χ3n) is 2.30. The van der Waals surface area contributed by atoms with Crippen LogP contribution in [0.2, 0.25) is 0 Å². The summed E-state index contributed by atoms with van der Waals surface area (Å²) in [4.78, 5) is 4.00. The maximum Gasteiger partial charge on any atom is 0.261 e. The van der Waals surface area contributed by atoms with Gasteiger partial charge in [-0.15, -0.1) is 0 Å². The minimum Gasteiger partial charge on any atom is -0.497 e. The molecule has 1 heterocycles. The van der Waals surface area contributed by atoms with Crippen LogP contribution in [0, 0.1) is 0 Å². The summed E-state index contributed by atoms with van der Waals surface area (Å²) in [5.74, 6) is 0.609. The van der Waals surface area contributed by atoms with E-state index in [0.717, 1.165) is 0 Å². The van der Waals surface area contributed by atoms with Crippen molar-refractivity contribution >= 4 is 15.7 Å². The molecule has 19 heavy (non-hydrogen) atoms. The van der Waals surface area contributed by atoms with E-state index >= 15 is 0 Å². The quantitative estimate of drug-likeness (QED) is 0.906. The molecule has 102 valence electrons. The number of rotatable bonds is 4. The van der Waals surface area contributed by atoms with E-state index in [9.17, 15) is 8.42 Å². The fourth-order valence-electron chi connectivity index (χ4n) is 1.39. The first-order valence-electron chi connectivity index (χ1n) is 5.19. The smallest absolute Gasteiger partial charge is 0.261 e. The van der Waals surface area contributed by atoms with E-state index in [0.29, 0.717) is 11.4 Å². The van der Waals surface area contributed by atoms with Gasteiger partial charge >= 0.3 is 0 Å². The van der Waals surface area contributed by atoms with Crippen LogP contribution in [-0.2, 0) is 10.0 Å². The number of sulfonamides is 1. The lowest BCUT2D eigenvalue weighted by molar-refractivity contribution is 0.414. The Bertz CT molecular complexity index is 612. The van der Waals surface area contributed by atoms with E-state index < -0.39 is 10.0 Å². The molecule has 3 N–H and O–H groups in total. The fourth-order valence-corrected chi connectivity index (χ4v) is 2.45. The van der Waals surface area contributed by atoms with Gasteiger partial charge in [0.15, 0.2) is 0 Å². The summed E-state index contributed by atoms with van der Waals surface area (Å²) in [5, 5.41) is 0. The number of nitrogens with one attached hydrogen (secondary N) is 1. The first-order chi connectivity index (χ1) is 8.62. The Balaban J connectivity index is 0.00000180. The Morgan fingerprint density at radius 2 is 1.63 bits per heavy atom. The number of aromatic nitrogens is 1. The van der Waals surface area contributed by atoms with Gasteiger partial charge in [0.1, 0.15) is 5.75 Å². The van der Waals surface area contributed by atoms with Crippen molar-refractivity contribution < 1.29 is 18.6 Å². The van der Waals surface area contributed by atoms with Crippen molar-refractivity contribution in [1.29, 1.82) is 0 Å². The summed E-state index contributed by atoms with van der Waals surface area (Å²) < 4.78 is 31.5. The third-order valence-corrected chi connectivity index (χ3v) is 3.70. The van der Waals surface area contributed by atoms with Crippen molar-refractivity contribution in [2.45, 2.75) is 4.90 Å². The van der Waals surface area contributed by atoms with E-state index in [1.807, 2.05) is 0 Å². The zero-order valence-corrected chi connectivity index (χ0v) is 11.0. The molecule has 1 aromatic carbocycles. The molecule has 0 aliphatic carbocycles. The molecule has 2 aromatic rings. The van der Waals surface area contributed by atoms with Gasteiger partial charge in [0.25, 0.3) is 10.0 Å². The normalized spacial score (nSPS) is 10.4. The van der Waals surface area contributed by atoms with Crippen LogP contribution in [-0.4, -0.2) is 26.0 Å². The average molecular weight is 282 g/mol. The van der Waals surface area contributed by atoms with Gasteiger partial charge in [0.2, 0.25) is 0 Å². The molecule has 0 aliphatic rings. The number of ether oxygens (including phenoxy) is 1. The van der Waals surface area contributed by atoms with Gasteiger partial charge < -0.3 is 10.2 Å². The zero-order valence-electron chi connectivity index (χ0n) is 10.2. The molecule has 0 saturated carbocycles. The molecule has 0 saturated heterocycles. The minimum atomic E-state index is -3.57. The molecule has 0 atom stereocenters. The van der Waals surface area contributed by atoms with E-state index in [1.165, 1.54) is 31.6 Å². The predicted octanol–water partition coefficient (Wildman–Crippen LogP) is 1.07. The predicted molar refractivity (Wildman–Crippen MR) is 71.7 cm³/mol. The monoisotopic (exact) mass is 282 g/mol. The summed E-state index contributed by atoms with van der Waals surface area (Å²) in [7, 11) is -2.05. The molecular weight excluding hydrogens is 268 g/mol. The molecule has 0 amide bonds. The van der Waals surface area contributed by atoms with Gasteiger partial charge in [-0.3, -0.25) is 9.71 Å². The maximum absolute atomic E-state index is 12.0. The standard InChI is InChI=1S/C12H12N2O3S.H2O/c1-17-11-2-4-12(5-3-11)18(15,16)14-10-6-8-13-9-7-10;/h2-9H,1H3,(H,13,14);1H2. The molecule has 7 heteroatoms. The first-order valence-corrected chi connectivity index (χ1v) is 6.67. The number of methoxy groups -OCH3 is 1. The summed E-state index contributed by atoms with van der Waals surface area (Å²) >= 11 is 0. The lowest BCUT2D eigenvalue weighted by atomic mass is 10.3. The Labute approximate surface area is 111 Å². The molecule has 2 rings (SSSR count). The number of pyridine rings is 1. The summed E-state index contributed by atoms with van der Waals surface area (Å²) in [6, 6.07) is 9.34. The minimum absolute atomic E-state index is 0. The van der Waals surface area contributed by atoms with E-state index in [4.69, 9.17) is 4.74 Å². The topological polar surface area (TPSA) is 99.8 Å². The van der Waals surface area contributed by atoms with Crippen LogP contribution in [0.1, 0.15) is 0 Å². The molecule has 0 unspecified atom stereocenters. The molecule has 0 radical (unpaired) electrons. The molecule has 0 aliphatic heterocycles. The van der Waals surface area contributed by atoms with Gasteiger partial charge in [-0.25, -0.2) is 8.42 Å². The second-order valence-electron chi connectivity index (χ2n) is 3.52. The zero-order chi connectivity index (χ0) is 13.0. The molecular formula is C12H14N2O4S. The highest BCUT2D eigenvalue weighted by molar-refractivity contribution is 7.92. The van der Waals surface area contributed by atoms with Crippen molar-refractivity contribution in [1.82, 2.24) is 4.98 Å². The number of benzene rings is 1. The van der Waals surface area contributed by atoms with Crippen molar-refractivity contribution in [3.63, 3.8) is 0 Å². The van der Waals surface area contributed by atoms with Crippen LogP contribution in [0.5, 0.6) is 5.75 Å². The number of hydrogen-bond acceptors (Lipinski definition) is 4. The van der Waals surface area contributed by atoms with Crippen molar-refractivity contribution in [3.05, 3.63) is 48.8 Å². The van der Waals surface area contributed by atoms with Gasteiger partial charge in [-0.1, -0.05) is 0 Å². The van der Waals surface area contributed by atoms with Gasteiger partial charge in [0, 0.05) is 12.4 Å². The van der Waals surface area contributed by atoms with Gasteiger partial charge in [-0.2, -0.15) is 0 Å². The highest BCUT2D eigenvalue weighted by atomic mass is 32.2. The second-order valence-corrected chi connectivity index (χ2v) is 5.20. The Hall–Kier alpha value is -2.12. The number of nitrogens with zero attached hydrogens (tertiary/aromatic N) is 1. The van der Waals surface area contributed by atoms with E-state index in [-0.39, 0.29) is 10.4 Å². The average Bonchev–Trinajstić information content (AvgIpc) is 2.39. The van der Waals surface area contributed by atoms with Crippen molar-refractivity contribution in [2.24, 2.45) is 0 Å². The first kappa shape index (κ1) is 14.9. The largest absolute Gasteiger partial charge is 0.497 e. The highest BCUT2D eigenvalue weighted by Crippen LogP contribution is 2.18. The third kappa shape index (κ3) is 3.67. The van der Waals surface area contributed by atoms with Crippen LogP contribution < -0.4 is 9.46 Å². The molecule has 1 aromatic heterocycles. The van der Waals surface area contributed by atoms with Gasteiger partial charge in [0.05, 0.1) is 17.7 Å². The van der Waals surface area contributed by atoms with Crippen LogP contribution >= 0.6 is 0 Å². The maximum atomic E-state index is 12.0. The highest BCUT2D eigenvalue weighted by Gasteiger charge is 2.13. The van der Waals surface area contributed by atoms with Gasteiger partial charge in [-0.05, 0) is 36.4 Å². The summed E-state index contributed by atoms with van der Waals surface area (Å²) in [6.07, 6.45) is 3.04. The molecule has 0 fully saturated rings. The van der Waals surface area contributed by atoms with Crippen LogP contribution in [0.3, 0.4) is 0 Å². The fraction of sp³-hybridized carbons (Fsp3) is 0.0833. The Morgan fingerprint density at radius 1 is 1.05 bits per heavy atom. The summed E-state index contributed by atoms with van der Waals surface area (Å²) in [6.45, 7) is 0. The lowest BCUT2D eigenvalue weighted by Gasteiger charge is -2.08. The van der Waals surface area contributed by atoms with E-state index in [1.54, 1.807) is 24.3 Å². The SMILES string of the molecule is COc1ccc(S(=O)(=O)Nc2ccncc2)cc1.O. The number of hydrogen-bond donors (Lipinski definition) is 1. The Morgan fingerprint density at radius 3 is 2.16 bits per heavy atom. The summed E-state index contributed by atoms with van der Waals surface area (Å²) in [5.41, 5.74) is 0.473. The lowest BCUT2D eigenvalue weighted by Crippen LogP contribution is -2.12. The van der Waals surface area contributed by atoms with E-state index in [2.05, 4.69) is 9.71 Å². The molecule has 0 spiro atoms. The molecule has 6 nitrogen and oxygen atoms in total. The Kier molecular flexibility index (Phi) is 4.85. The number of anilines is 1. The van der Waals surface area contributed by atoms with Crippen LogP contribution in [0.25, 0.3) is 0 Å². The second kappa shape index (κ2) is 6.17. The van der Waals surface area contributed by atoms with Crippen LogP contribution in [0.15, 0.2) is 53.7 Å². The van der Waals surface area contributed by atoms with Crippen molar-refractivity contribution in [2.75, 3.05) is 11.8 Å². The van der Waals surface area contributed by atoms with Crippen LogP contribution in [0.4, 0.5) is 5.69 Å².